The second-order valence-electron chi connectivity index (χ2n) is 3.37. The molecule has 14 heavy (non-hydrogen) atoms. The van der Waals surface area contributed by atoms with Crippen molar-refractivity contribution in [3.8, 4) is 0 Å². The Hall–Kier alpha value is -0.870. The van der Waals surface area contributed by atoms with Crippen molar-refractivity contribution in [2.45, 2.75) is 25.8 Å². The molecule has 0 aliphatic rings. The van der Waals surface area contributed by atoms with Crippen LogP contribution in [0.25, 0.3) is 0 Å². The molecular weight excluding hydrogens is 198 g/mol. The monoisotopic (exact) mass is 213 g/mol. The van der Waals surface area contributed by atoms with Crippen molar-refractivity contribution in [3.05, 3.63) is 22.4 Å². The third-order valence-electron chi connectivity index (χ3n) is 2.10. The Labute approximate surface area is 87.8 Å². The van der Waals surface area contributed by atoms with Crippen molar-refractivity contribution in [2.24, 2.45) is 0 Å². The SMILES string of the molecule is C[C@@H](CO)NC(=O)[C@H](C)c1ccsc1. The van der Waals surface area contributed by atoms with Crippen LogP contribution < -0.4 is 5.32 Å². The first-order valence-corrected chi connectivity index (χ1v) is 5.52. The first-order valence-electron chi connectivity index (χ1n) is 4.58. The number of thiophene rings is 1. The molecule has 2 N–H and O–H groups in total. The largest absolute Gasteiger partial charge is 0.394 e. The van der Waals surface area contributed by atoms with E-state index in [2.05, 4.69) is 5.32 Å². The zero-order valence-electron chi connectivity index (χ0n) is 8.36. The molecular formula is C10H15NO2S. The van der Waals surface area contributed by atoms with Crippen LogP contribution in [0.2, 0.25) is 0 Å². The van der Waals surface area contributed by atoms with Gasteiger partial charge in [0, 0.05) is 6.04 Å². The molecule has 0 aliphatic heterocycles. The summed E-state index contributed by atoms with van der Waals surface area (Å²) in [5.74, 6) is -0.180. The van der Waals surface area contributed by atoms with Crippen molar-refractivity contribution < 1.29 is 9.90 Å². The Bertz CT molecular complexity index is 284. The van der Waals surface area contributed by atoms with E-state index in [0.717, 1.165) is 5.56 Å². The quantitative estimate of drug-likeness (QED) is 0.793. The van der Waals surface area contributed by atoms with Gasteiger partial charge in [0.2, 0.25) is 5.91 Å². The molecule has 0 saturated carbocycles. The van der Waals surface area contributed by atoms with Gasteiger partial charge in [0.25, 0.3) is 0 Å². The van der Waals surface area contributed by atoms with E-state index in [1.807, 2.05) is 23.8 Å². The van der Waals surface area contributed by atoms with Gasteiger partial charge < -0.3 is 10.4 Å². The summed E-state index contributed by atoms with van der Waals surface area (Å²) < 4.78 is 0. The second-order valence-corrected chi connectivity index (χ2v) is 4.15. The summed E-state index contributed by atoms with van der Waals surface area (Å²) in [5.41, 5.74) is 1.03. The Balaban J connectivity index is 2.53. The number of carbonyl (C=O) groups is 1. The molecule has 2 atom stereocenters. The minimum absolute atomic E-state index is 0.0257. The minimum Gasteiger partial charge on any atom is -0.394 e. The van der Waals surface area contributed by atoms with Gasteiger partial charge in [-0.2, -0.15) is 11.3 Å². The third kappa shape index (κ3) is 2.82. The second kappa shape index (κ2) is 5.12. The summed E-state index contributed by atoms with van der Waals surface area (Å²) in [6.45, 7) is 3.61. The summed E-state index contributed by atoms with van der Waals surface area (Å²) in [7, 11) is 0. The molecule has 3 nitrogen and oxygen atoms in total. The van der Waals surface area contributed by atoms with Crippen LogP contribution in [0.15, 0.2) is 16.8 Å². The highest BCUT2D eigenvalue weighted by Crippen LogP contribution is 2.18. The van der Waals surface area contributed by atoms with Crippen molar-refractivity contribution in [3.63, 3.8) is 0 Å². The predicted octanol–water partition coefficient (Wildman–Crippen LogP) is 1.35. The number of aliphatic hydroxyl groups excluding tert-OH is 1. The van der Waals surface area contributed by atoms with Crippen LogP contribution >= 0.6 is 11.3 Å². The van der Waals surface area contributed by atoms with Gasteiger partial charge in [0.1, 0.15) is 0 Å². The Kier molecular flexibility index (Phi) is 4.10. The lowest BCUT2D eigenvalue weighted by Gasteiger charge is -2.14. The number of carbonyl (C=O) groups excluding carboxylic acids is 1. The summed E-state index contributed by atoms with van der Waals surface area (Å²) in [6.07, 6.45) is 0. The van der Waals surface area contributed by atoms with E-state index in [1.165, 1.54) is 0 Å². The molecule has 1 heterocycles. The molecule has 78 valence electrons. The number of rotatable bonds is 4. The zero-order chi connectivity index (χ0) is 10.6. The van der Waals surface area contributed by atoms with Gasteiger partial charge >= 0.3 is 0 Å². The summed E-state index contributed by atoms with van der Waals surface area (Å²) in [6, 6.07) is 1.77. The van der Waals surface area contributed by atoms with Gasteiger partial charge in [-0.1, -0.05) is 0 Å². The van der Waals surface area contributed by atoms with Gasteiger partial charge in [0.05, 0.1) is 12.5 Å². The fourth-order valence-electron chi connectivity index (χ4n) is 1.09. The number of hydrogen-bond donors (Lipinski definition) is 2. The maximum absolute atomic E-state index is 11.6. The lowest BCUT2D eigenvalue weighted by atomic mass is 10.0. The van der Waals surface area contributed by atoms with Crippen LogP contribution in [0.1, 0.15) is 25.3 Å². The molecule has 1 rings (SSSR count). The predicted molar refractivity (Wildman–Crippen MR) is 57.4 cm³/mol. The molecule has 1 amide bonds. The smallest absolute Gasteiger partial charge is 0.227 e. The van der Waals surface area contributed by atoms with E-state index in [0.29, 0.717) is 0 Å². The first kappa shape index (κ1) is 11.2. The van der Waals surface area contributed by atoms with Crippen molar-refractivity contribution in [2.75, 3.05) is 6.61 Å². The highest BCUT2D eigenvalue weighted by atomic mass is 32.1. The lowest BCUT2D eigenvalue weighted by molar-refractivity contribution is -0.123. The topological polar surface area (TPSA) is 49.3 Å². The van der Waals surface area contributed by atoms with Gasteiger partial charge in [-0.15, -0.1) is 0 Å². The third-order valence-corrected chi connectivity index (χ3v) is 2.80. The fourth-order valence-corrected chi connectivity index (χ4v) is 1.84. The molecule has 0 fully saturated rings. The molecule has 0 aromatic carbocycles. The Morgan fingerprint density at radius 2 is 2.36 bits per heavy atom. The Morgan fingerprint density at radius 3 is 2.86 bits per heavy atom. The van der Waals surface area contributed by atoms with E-state index >= 15 is 0 Å². The maximum Gasteiger partial charge on any atom is 0.227 e. The minimum atomic E-state index is -0.177. The number of amides is 1. The zero-order valence-corrected chi connectivity index (χ0v) is 9.17. The van der Waals surface area contributed by atoms with Gasteiger partial charge in [-0.3, -0.25) is 4.79 Å². The van der Waals surface area contributed by atoms with Crippen LogP contribution in [0, 0.1) is 0 Å². The van der Waals surface area contributed by atoms with Crippen molar-refractivity contribution in [1.29, 1.82) is 0 Å². The molecule has 0 unspecified atom stereocenters. The molecule has 0 spiro atoms. The van der Waals surface area contributed by atoms with Crippen molar-refractivity contribution >= 4 is 17.2 Å². The average molecular weight is 213 g/mol. The molecule has 1 aromatic rings. The number of nitrogens with one attached hydrogen (secondary N) is 1. The Morgan fingerprint density at radius 1 is 1.64 bits per heavy atom. The van der Waals surface area contributed by atoms with Crippen molar-refractivity contribution in [1.82, 2.24) is 5.32 Å². The van der Waals surface area contributed by atoms with E-state index in [-0.39, 0.29) is 24.5 Å². The molecule has 4 heteroatoms. The van der Waals surface area contributed by atoms with Gasteiger partial charge in [-0.05, 0) is 36.2 Å². The fraction of sp³-hybridized carbons (Fsp3) is 0.500. The van der Waals surface area contributed by atoms with E-state index in [9.17, 15) is 4.79 Å². The average Bonchev–Trinajstić information content (AvgIpc) is 2.69. The van der Waals surface area contributed by atoms with E-state index in [1.54, 1.807) is 18.3 Å². The van der Waals surface area contributed by atoms with E-state index < -0.39 is 0 Å². The summed E-state index contributed by atoms with van der Waals surface area (Å²) in [4.78, 5) is 11.6. The van der Waals surface area contributed by atoms with Crippen LogP contribution in [-0.2, 0) is 4.79 Å². The first-order chi connectivity index (χ1) is 6.65. The standard InChI is InChI=1S/C10H15NO2S/c1-7(5-12)11-10(13)8(2)9-3-4-14-6-9/h3-4,6-8,12H,5H2,1-2H3,(H,11,13)/t7-,8+/m0/s1. The molecule has 1 aromatic heterocycles. The number of hydrogen-bond acceptors (Lipinski definition) is 3. The molecule has 0 aliphatic carbocycles. The summed E-state index contributed by atoms with van der Waals surface area (Å²) in [5, 5.41) is 15.4. The highest BCUT2D eigenvalue weighted by Gasteiger charge is 2.16. The molecule has 0 bridgehead atoms. The van der Waals surface area contributed by atoms with Gasteiger partial charge in [0.15, 0.2) is 0 Å². The van der Waals surface area contributed by atoms with Crippen LogP contribution in [0.5, 0.6) is 0 Å². The normalized spacial score (nSPS) is 14.8. The summed E-state index contributed by atoms with van der Waals surface area (Å²) >= 11 is 1.58. The number of aliphatic hydroxyl groups is 1. The lowest BCUT2D eigenvalue weighted by Crippen LogP contribution is -2.37. The maximum atomic E-state index is 11.6. The molecule has 0 saturated heterocycles. The van der Waals surface area contributed by atoms with Crippen LogP contribution in [0.3, 0.4) is 0 Å². The van der Waals surface area contributed by atoms with Crippen LogP contribution in [0.4, 0.5) is 0 Å². The highest BCUT2D eigenvalue weighted by molar-refractivity contribution is 7.08. The van der Waals surface area contributed by atoms with E-state index in [4.69, 9.17) is 5.11 Å². The van der Waals surface area contributed by atoms with Crippen LogP contribution in [-0.4, -0.2) is 23.7 Å². The van der Waals surface area contributed by atoms with Gasteiger partial charge in [-0.25, -0.2) is 0 Å². The molecule has 0 radical (unpaired) electrons.